The molecule has 226 valence electrons. The maximum Gasteiger partial charge on any atom is 0.261 e. The average Bonchev–Trinajstić information content (AvgIpc) is 2.98. The lowest BCUT2D eigenvalue weighted by molar-refractivity contribution is -0.134. The van der Waals surface area contributed by atoms with E-state index in [1.165, 1.54) is 24.3 Å². The van der Waals surface area contributed by atoms with Crippen LogP contribution in [0, 0.1) is 5.92 Å². The van der Waals surface area contributed by atoms with E-state index in [0.717, 1.165) is 5.56 Å². The van der Waals surface area contributed by atoms with Crippen molar-refractivity contribution in [3.05, 3.63) is 86.9 Å². The lowest BCUT2D eigenvalue weighted by Crippen LogP contribution is -2.47. The molecule has 3 aromatic rings. The molecule has 8 nitrogen and oxygen atoms in total. The predicted molar refractivity (Wildman–Crippen MR) is 167 cm³/mol. The van der Waals surface area contributed by atoms with Crippen LogP contribution in [0.1, 0.15) is 25.0 Å². The number of anilines is 1. The number of amides is 1. The molecule has 0 saturated heterocycles. The number of aliphatic hydroxyl groups excluding tert-OH is 1. The van der Waals surface area contributed by atoms with Crippen LogP contribution in [0.15, 0.2) is 65.6 Å². The number of halogens is 3. The monoisotopic (exact) mass is 653 g/mol. The van der Waals surface area contributed by atoms with Crippen LogP contribution in [-0.2, 0) is 27.8 Å². The Morgan fingerprint density at radius 3 is 2.45 bits per heavy atom. The maximum absolute atomic E-state index is 13.5. The summed E-state index contributed by atoms with van der Waals surface area (Å²) in [5, 5.41) is 11.3. The Balaban J connectivity index is 1.62. The topological polar surface area (TPSA) is 99.2 Å². The minimum atomic E-state index is -3.90. The molecular formula is C30H34Cl3N3O5S. The lowest BCUT2D eigenvalue weighted by Gasteiger charge is -2.34. The second-order valence-corrected chi connectivity index (χ2v) is 13.6. The van der Waals surface area contributed by atoms with Gasteiger partial charge in [-0.15, -0.1) is 0 Å². The zero-order valence-corrected chi connectivity index (χ0v) is 26.6. The van der Waals surface area contributed by atoms with Crippen molar-refractivity contribution in [2.24, 2.45) is 5.92 Å². The minimum absolute atomic E-state index is 0.0191. The number of hydrogen-bond acceptors (Lipinski definition) is 6. The summed E-state index contributed by atoms with van der Waals surface area (Å²) in [6, 6.07) is 15.9. The van der Waals surface area contributed by atoms with Crippen LogP contribution >= 0.6 is 34.8 Å². The Hall–Kier alpha value is -2.53. The van der Waals surface area contributed by atoms with Crippen molar-refractivity contribution in [1.29, 1.82) is 0 Å². The summed E-state index contributed by atoms with van der Waals surface area (Å²) in [4.78, 5) is 17.3. The number of aliphatic hydroxyl groups is 1. The Morgan fingerprint density at radius 2 is 1.79 bits per heavy atom. The molecule has 0 spiro atoms. The van der Waals surface area contributed by atoms with Gasteiger partial charge in [0.1, 0.15) is 11.9 Å². The van der Waals surface area contributed by atoms with E-state index >= 15 is 0 Å². The molecule has 42 heavy (non-hydrogen) atoms. The molecule has 1 amide bonds. The van der Waals surface area contributed by atoms with Crippen molar-refractivity contribution >= 4 is 56.4 Å². The van der Waals surface area contributed by atoms with Gasteiger partial charge in [-0.2, -0.15) is 0 Å². The van der Waals surface area contributed by atoms with Crippen molar-refractivity contribution in [3.63, 3.8) is 0 Å². The molecule has 0 fully saturated rings. The first kappa shape index (κ1) is 32.4. The van der Waals surface area contributed by atoms with Gasteiger partial charge >= 0.3 is 0 Å². The Morgan fingerprint density at radius 1 is 1.07 bits per heavy atom. The fraction of sp³-hybridized carbons (Fsp3) is 0.367. The zero-order chi connectivity index (χ0) is 30.6. The van der Waals surface area contributed by atoms with E-state index in [0.29, 0.717) is 51.7 Å². The average molecular weight is 655 g/mol. The van der Waals surface area contributed by atoms with Crippen molar-refractivity contribution in [2.75, 3.05) is 31.5 Å². The van der Waals surface area contributed by atoms with E-state index < -0.39 is 16.1 Å². The van der Waals surface area contributed by atoms with Gasteiger partial charge in [0.25, 0.3) is 10.0 Å². The van der Waals surface area contributed by atoms with Crippen molar-refractivity contribution in [1.82, 2.24) is 9.80 Å². The lowest BCUT2D eigenvalue weighted by atomic mass is 10.0. The van der Waals surface area contributed by atoms with Crippen LogP contribution in [0.3, 0.4) is 0 Å². The second kappa shape index (κ2) is 13.8. The molecule has 12 heteroatoms. The zero-order valence-electron chi connectivity index (χ0n) is 23.6. The van der Waals surface area contributed by atoms with Crippen molar-refractivity contribution in [3.8, 4) is 5.75 Å². The molecule has 0 radical (unpaired) electrons. The molecule has 0 bridgehead atoms. The molecule has 0 aromatic heterocycles. The van der Waals surface area contributed by atoms with E-state index in [9.17, 15) is 18.3 Å². The fourth-order valence-electron chi connectivity index (χ4n) is 4.86. The number of ether oxygens (including phenoxy) is 1. The van der Waals surface area contributed by atoms with Crippen LogP contribution in [0.4, 0.5) is 5.69 Å². The fourth-order valence-corrected chi connectivity index (χ4v) is 6.36. The van der Waals surface area contributed by atoms with Gasteiger partial charge in [0.05, 0.1) is 34.0 Å². The van der Waals surface area contributed by atoms with Gasteiger partial charge < -0.3 is 14.7 Å². The normalized spacial score (nSPS) is 18.5. The predicted octanol–water partition coefficient (Wildman–Crippen LogP) is 5.73. The summed E-state index contributed by atoms with van der Waals surface area (Å²) in [5.41, 5.74) is 1.83. The third-order valence-corrected chi connectivity index (χ3v) is 9.61. The van der Waals surface area contributed by atoms with Crippen LogP contribution in [0.25, 0.3) is 0 Å². The molecule has 3 aromatic carbocycles. The summed E-state index contributed by atoms with van der Waals surface area (Å²) < 4.78 is 35.1. The van der Waals surface area contributed by atoms with Crippen LogP contribution in [0.2, 0.25) is 15.1 Å². The molecule has 4 rings (SSSR count). The maximum atomic E-state index is 13.5. The molecule has 1 aliphatic heterocycles. The van der Waals surface area contributed by atoms with Gasteiger partial charge in [-0.05, 0) is 74.1 Å². The number of nitrogens with one attached hydrogen (secondary N) is 1. The summed E-state index contributed by atoms with van der Waals surface area (Å²) in [6.07, 6.45) is -0.346. The number of carbonyl (C=O) groups excluding carboxylic acids is 1. The van der Waals surface area contributed by atoms with E-state index in [1.54, 1.807) is 36.1 Å². The van der Waals surface area contributed by atoms with Crippen molar-refractivity contribution < 1.29 is 23.1 Å². The van der Waals surface area contributed by atoms with E-state index in [4.69, 9.17) is 39.5 Å². The first-order valence-corrected chi connectivity index (χ1v) is 16.1. The minimum Gasteiger partial charge on any atom is -0.488 e. The number of fused-ring (bicyclic) bond motifs is 1. The molecule has 1 heterocycles. The summed E-state index contributed by atoms with van der Waals surface area (Å²) in [7, 11) is -1.92. The standard InChI is InChI=1S/C30H34Cl3N3O5S/c1-19-15-36(20(2)18-37)30(38)14-22-13-24(34-42(39,40)25-8-5-23(31)6-9-25)7-11-28(22)41-29(19)17-35(3)16-21-4-10-26(32)27(33)12-21/h4-13,19-20,29,34,37H,14-18H2,1-3H3/t19-,20-,29-/m1/s1. The highest BCUT2D eigenvalue weighted by Gasteiger charge is 2.31. The molecule has 3 atom stereocenters. The summed E-state index contributed by atoms with van der Waals surface area (Å²) in [6.45, 7) is 5.14. The SMILES string of the molecule is C[C@@H]1CN([C@H](C)CO)C(=O)Cc2cc(NS(=O)(=O)c3ccc(Cl)cc3)ccc2O[C@@H]1CN(C)Cc1ccc(Cl)c(Cl)c1. The molecule has 0 aliphatic carbocycles. The molecular weight excluding hydrogens is 621 g/mol. The highest BCUT2D eigenvalue weighted by molar-refractivity contribution is 7.92. The number of nitrogens with zero attached hydrogens (tertiary/aromatic N) is 2. The smallest absolute Gasteiger partial charge is 0.261 e. The number of sulfonamides is 1. The number of carbonyl (C=O) groups is 1. The number of rotatable bonds is 9. The number of likely N-dealkylation sites (N-methyl/N-ethyl adjacent to an activating group) is 1. The van der Waals surface area contributed by atoms with Gasteiger partial charge in [0, 0.05) is 41.8 Å². The Kier molecular flexibility index (Phi) is 10.7. The van der Waals surface area contributed by atoms with Crippen LogP contribution in [0.5, 0.6) is 5.75 Å². The van der Waals surface area contributed by atoms with Gasteiger partial charge in [-0.1, -0.05) is 47.8 Å². The van der Waals surface area contributed by atoms with Crippen molar-refractivity contribution in [2.45, 2.75) is 43.9 Å². The molecule has 0 saturated carbocycles. The largest absolute Gasteiger partial charge is 0.488 e. The van der Waals surface area contributed by atoms with E-state index in [-0.39, 0.29) is 35.9 Å². The Bertz CT molecular complexity index is 1520. The molecule has 2 N–H and O–H groups in total. The van der Waals surface area contributed by atoms with Gasteiger partial charge in [0.2, 0.25) is 5.91 Å². The molecule has 0 unspecified atom stereocenters. The Labute approximate surface area is 262 Å². The summed E-state index contributed by atoms with van der Waals surface area (Å²) >= 11 is 18.2. The van der Waals surface area contributed by atoms with E-state index in [1.807, 2.05) is 26.1 Å². The third kappa shape index (κ3) is 8.09. The quantitative estimate of drug-likeness (QED) is 0.306. The van der Waals surface area contributed by atoms with Crippen LogP contribution < -0.4 is 9.46 Å². The highest BCUT2D eigenvalue weighted by atomic mass is 35.5. The van der Waals surface area contributed by atoms with Gasteiger partial charge in [-0.25, -0.2) is 8.42 Å². The van der Waals surface area contributed by atoms with Gasteiger partial charge in [0.15, 0.2) is 0 Å². The second-order valence-electron chi connectivity index (χ2n) is 10.7. The molecule has 1 aliphatic rings. The number of hydrogen-bond donors (Lipinski definition) is 2. The summed E-state index contributed by atoms with van der Waals surface area (Å²) in [5.74, 6) is 0.222. The highest BCUT2D eigenvalue weighted by Crippen LogP contribution is 2.31. The van der Waals surface area contributed by atoms with E-state index in [2.05, 4.69) is 9.62 Å². The van der Waals surface area contributed by atoms with Gasteiger partial charge in [-0.3, -0.25) is 14.4 Å². The third-order valence-electron chi connectivity index (χ3n) is 7.22. The number of benzene rings is 3. The first-order valence-electron chi connectivity index (χ1n) is 13.5. The first-order chi connectivity index (χ1) is 19.9. The van der Waals surface area contributed by atoms with Crippen LogP contribution in [-0.4, -0.2) is 68.1 Å².